The Balaban J connectivity index is 2.61. The second kappa shape index (κ2) is 7.59. The molecule has 0 saturated carbocycles. The molecule has 0 saturated heterocycles. The maximum atomic E-state index is 12.0. The largest absolute Gasteiger partial charge is 0.375 e. The van der Waals surface area contributed by atoms with Crippen molar-refractivity contribution in [1.82, 2.24) is 5.32 Å². The number of carbonyl (C=O) groups is 1. The van der Waals surface area contributed by atoms with Gasteiger partial charge in [-0.2, -0.15) is 0 Å². The van der Waals surface area contributed by atoms with Gasteiger partial charge in [-0.15, -0.1) is 0 Å². The van der Waals surface area contributed by atoms with Crippen LogP contribution in [0.25, 0.3) is 0 Å². The molecular formula is C14H18ClNO4S. The van der Waals surface area contributed by atoms with Crippen molar-refractivity contribution in [2.75, 3.05) is 19.8 Å². The van der Waals surface area contributed by atoms with Gasteiger partial charge in [0.25, 0.3) is 15.0 Å². The van der Waals surface area contributed by atoms with Crippen LogP contribution >= 0.6 is 10.7 Å². The molecule has 0 aliphatic heterocycles. The molecule has 0 aromatic heterocycles. The average molecular weight is 332 g/mol. The summed E-state index contributed by atoms with van der Waals surface area (Å²) in [6.45, 7) is 8.41. The number of hydrogen-bond donors (Lipinski definition) is 1. The minimum absolute atomic E-state index is 0.0250. The molecule has 21 heavy (non-hydrogen) atoms. The van der Waals surface area contributed by atoms with Crippen LogP contribution in [0.4, 0.5) is 0 Å². The number of benzene rings is 1. The molecule has 0 unspecified atom stereocenters. The Bertz CT molecular complexity index is 640. The average Bonchev–Trinajstić information content (AvgIpc) is 2.36. The monoisotopic (exact) mass is 331 g/mol. The van der Waals surface area contributed by atoms with Crippen molar-refractivity contribution < 1.29 is 17.9 Å². The SMILES string of the molecule is C=C(C)COCCNC(=O)c1ccc(S(=O)(=O)Cl)cc1C. The molecular weight excluding hydrogens is 314 g/mol. The molecule has 0 atom stereocenters. The Hall–Kier alpha value is -1.37. The lowest BCUT2D eigenvalue weighted by Crippen LogP contribution is -2.28. The highest BCUT2D eigenvalue weighted by Crippen LogP contribution is 2.18. The number of amides is 1. The van der Waals surface area contributed by atoms with Gasteiger partial charge in [-0.3, -0.25) is 4.79 Å². The summed E-state index contributed by atoms with van der Waals surface area (Å²) in [5, 5.41) is 2.70. The molecule has 0 aliphatic rings. The Morgan fingerprint density at radius 3 is 2.62 bits per heavy atom. The van der Waals surface area contributed by atoms with E-state index in [4.69, 9.17) is 15.4 Å². The summed E-state index contributed by atoms with van der Waals surface area (Å²) < 4.78 is 27.7. The van der Waals surface area contributed by atoms with Crippen LogP contribution in [0.15, 0.2) is 35.2 Å². The smallest absolute Gasteiger partial charge is 0.261 e. The maximum Gasteiger partial charge on any atom is 0.261 e. The number of nitrogens with one attached hydrogen (secondary N) is 1. The van der Waals surface area contributed by atoms with E-state index < -0.39 is 9.05 Å². The van der Waals surface area contributed by atoms with Crippen molar-refractivity contribution in [3.8, 4) is 0 Å². The van der Waals surface area contributed by atoms with Gasteiger partial charge in [-0.05, 0) is 37.6 Å². The molecule has 0 spiro atoms. The second-order valence-corrected chi connectivity index (χ2v) is 7.25. The lowest BCUT2D eigenvalue weighted by Gasteiger charge is -2.09. The maximum absolute atomic E-state index is 12.0. The molecule has 1 aromatic carbocycles. The summed E-state index contributed by atoms with van der Waals surface area (Å²) >= 11 is 0. The zero-order chi connectivity index (χ0) is 16.0. The van der Waals surface area contributed by atoms with Gasteiger partial charge in [0.05, 0.1) is 18.1 Å². The van der Waals surface area contributed by atoms with E-state index in [1.807, 2.05) is 6.92 Å². The Kier molecular flexibility index (Phi) is 6.39. The molecule has 0 radical (unpaired) electrons. The molecule has 1 rings (SSSR count). The molecule has 7 heteroatoms. The number of hydrogen-bond acceptors (Lipinski definition) is 4. The molecule has 5 nitrogen and oxygen atoms in total. The number of ether oxygens (including phenoxy) is 1. The molecule has 1 N–H and O–H groups in total. The van der Waals surface area contributed by atoms with Crippen molar-refractivity contribution in [2.45, 2.75) is 18.7 Å². The first-order chi connectivity index (χ1) is 9.71. The van der Waals surface area contributed by atoms with Gasteiger partial charge < -0.3 is 10.1 Å². The van der Waals surface area contributed by atoms with Crippen molar-refractivity contribution in [3.05, 3.63) is 41.5 Å². The summed E-state index contributed by atoms with van der Waals surface area (Å²) in [5.41, 5.74) is 1.85. The summed E-state index contributed by atoms with van der Waals surface area (Å²) in [5.74, 6) is -0.287. The number of aryl methyl sites for hydroxylation is 1. The van der Waals surface area contributed by atoms with Gasteiger partial charge in [0.15, 0.2) is 0 Å². The van der Waals surface area contributed by atoms with E-state index in [1.165, 1.54) is 18.2 Å². The zero-order valence-corrected chi connectivity index (χ0v) is 13.6. The molecule has 0 fully saturated rings. The van der Waals surface area contributed by atoms with E-state index in [9.17, 15) is 13.2 Å². The van der Waals surface area contributed by atoms with Crippen LogP contribution in [-0.2, 0) is 13.8 Å². The van der Waals surface area contributed by atoms with E-state index in [-0.39, 0.29) is 10.8 Å². The summed E-state index contributed by atoms with van der Waals surface area (Å²) in [6.07, 6.45) is 0. The van der Waals surface area contributed by atoms with E-state index in [0.29, 0.717) is 30.9 Å². The zero-order valence-electron chi connectivity index (χ0n) is 12.0. The van der Waals surface area contributed by atoms with Gasteiger partial charge in [0, 0.05) is 22.8 Å². The Morgan fingerprint density at radius 1 is 1.43 bits per heavy atom. The summed E-state index contributed by atoms with van der Waals surface area (Å²) in [4.78, 5) is 11.9. The van der Waals surface area contributed by atoms with E-state index >= 15 is 0 Å². The van der Waals surface area contributed by atoms with E-state index in [2.05, 4.69) is 11.9 Å². The predicted molar refractivity (Wildman–Crippen MR) is 82.2 cm³/mol. The lowest BCUT2D eigenvalue weighted by molar-refractivity contribution is 0.0926. The van der Waals surface area contributed by atoms with Crippen LogP contribution in [0.3, 0.4) is 0 Å². The van der Waals surface area contributed by atoms with Crippen LogP contribution in [0, 0.1) is 6.92 Å². The molecule has 0 heterocycles. The van der Waals surface area contributed by atoms with Crippen LogP contribution in [0.2, 0.25) is 0 Å². The standard InChI is InChI=1S/C14H18ClNO4S/c1-10(2)9-20-7-6-16-14(17)13-5-4-12(8-11(13)3)21(15,18)19/h4-5,8H,1,6-7,9H2,2-3H3,(H,16,17). The van der Waals surface area contributed by atoms with Gasteiger partial charge >= 0.3 is 0 Å². The number of halogens is 1. The molecule has 1 aromatic rings. The van der Waals surface area contributed by atoms with E-state index in [0.717, 1.165) is 5.57 Å². The fraction of sp³-hybridized carbons (Fsp3) is 0.357. The van der Waals surface area contributed by atoms with Crippen molar-refractivity contribution in [3.63, 3.8) is 0 Å². The first kappa shape index (κ1) is 17.7. The third kappa shape index (κ3) is 5.87. The molecule has 0 aliphatic carbocycles. The first-order valence-electron chi connectivity index (χ1n) is 6.27. The van der Waals surface area contributed by atoms with Crippen LogP contribution in [0.1, 0.15) is 22.8 Å². The quantitative estimate of drug-likeness (QED) is 0.472. The third-order valence-electron chi connectivity index (χ3n) is 2.60. The summed E-state index contributed by atoms with van der Waals surface area (Å²) in [7, 11) is 1.47. The normalized spacial score (nSPS) is 11.2. The van der Waals surface area contributed by atoms with Gasteiger partial charge in [0.2, 0.25) is 0 Å². The first-order valence-corrected chi connectivity index (χ1v) is 8.58. The number of carbonyl (C=O) groups excluding carboxylic acids is 1. The molecule has 0 bridgehead atoms. The fourth-order valence-electron chi connectivity index (χ4n) is 1.62. The topological polar surface area (TPSA) is 72.5 Å². The Morgan fingerprint density at radius 2 is 2.10 bits per heavy atom. The van der Waals surface area contributed by atoms with Gasteiger partial charge in [-0.25, -0.2) is 8.42 Å². The van der Waals surface area contributed by atoms with Gasteiger partial charge in [-0.1, -0.05) is 12.2 Å². The van der Waals surface area contributed by atoms with Crippen molar-refractivity contribution in [1.29, 1.82) is 0 Å². The molecule has 116 valence electrons. The number of rotatable bonds is 7. The fourth-order valence-corrected chi connectivity index (χ4v) is 2.46. The van der Waals surface area contributed by atoms with Gasteiger partial charge in [0.1, 0.15) is 0 Å². The highest BCUT2D eigenvalue weighted by atomic mass is 35.7. The van der Waals surface area contributed by atoms with Crippen molar-refractivity contribution >= 4 is 25.6 Å². The summed E-state index contributed by atoms with van der Waals surface area (Å²) in [6, 6.07) is 4.12. The Labute approximate surface area is 129 Å². The highest BCUT2D eigenvalue weighted by Gasteiger charge is 2.14. The van der Waals surface area contributed by atoms with Crippen molar-refractivity contribution in [2.24, 2.45) is 0 Å². The van der Waals surface area contributed by atoms with E-state index in [1.54, 1.807) is 6.92 Å². The lowest BCUT2D eigenvalue weighted by atomic mass is 10.1. The highest BCUT2D eigenvalue weighted by molar-refractivity contribution is 8.13. The van der Waals surface area contributed by atoms with Crippen LogP contribution < -0.4 is 5.32 Å². The predicted octanol–water partition coefficient (Wildman–Crippen LogP) is 2.25. The molecule has 1 amide bonds. The van der Waals surface area contributed by atoms with Crippen LogP contribution in [0.5, 0.6) is 0 Å². The third-order valence-corrected chi connectivity index (χ3v) is 3.96. The minimum Gasteiger partial charge on any atom is -0.375 e. The second-order valence-electron chi connectivity index (χ2n) is 4.68. The van der Waals surface area contributed by atoms with Crippen LogP contribution in [-0.4, -0.2) is 34.1 Å². The minimum atomic E-state index is -3.79.